The number of amides is 1. The molecule has 1 fully saturated rings. The molecule has 0 saturated heterocycles. The number of aromatic nitrogens is 4. The second-order valence-electron chi connectivity index (χ2n) is 6.15. The molecule has 1 aliphatic rings. The molecule has 7 nitrogen and oxygen atoms in total. The van der Waals surface area contributed by atoms with E-state index in [1.807, 2.05) is 22.9 Å². The maximum absolute atomic E-state index is 12.0. The molecule has 128 valence electrons. The Hall–Kier alpha value is -2.80. The molecule has 25 heavy (non-hydrogen) atoms. The molecule has 1 N–H and O–H groups in total. The largest absolute Gasteiger partial charge is 0.383 e. The van der Waals surface area contributed by atoms with E-state index in [9.17, 15) is 4.79 Å². The molecule has 7 heteroatoms. The maximum Gasteiger partial charge on any atom is 0.228 e. The molecule has 0 aromatic carbocycles. The van der Waals surface area contributed by atoms with Crippen molar-refractivity contribution in [2.75, 3.05) is 19.0 Å². The van der Waals surface area contributed by atoms with Gasteiger partial charge in [0.2, 0.25) is 5.91 Å². The van der Waals surface area contributed by atoms with Gasteiger partial charge in [0.05, 0.1) is 25.0 Å². The number of methoxy groups -OCH3 is 1. The normalized spacial score (nSPS) is 14.0. The number of ether oxygens (including phenoxy) is 1. The lowest BCUT2D eigenvalue weighted by molar-refractivity contribution is -0.117. The summed E-state index contributed by atoms with van der Waals surface area (Å²) < 4.78 is 7.11. The van der Waals surface area contributed by atoms with Crippen molar-refractivity contribution < 1.29 is 9.53 Å². The van der Waals surface area contributed by atoms with Crippen molar-refractivity contribution in [2.24, 2.45) is 5.92 Å². The molecule has 3 aromatic heterocycles. The van der Waals surface area contributed by atoms with Gasteiger partial charge in [0.1, 0.15) is 11.3 Å². The van der Waals surface area contributed by atoms with E-state index >= 15 is 0 Å². The SMILES string of the molecule is COCCn1nc2cnccc2c1-c1ccnc(NC(=O)C2CC2)c1. The fourth-order valence-electron chi connectivity index (χ4n) is 2.85. The van der Waals surface area contributed by atoms with Gasteiger partial charge in [-0.2, -0.15) is 5.10 Å². The van der Waals surface area contributed by atoms with E-state index < -0.39 is 0 Å². The van der Waals surface area contributed by atoms with Crippen LogP contribution < -0.4 is 5.32 Å². The zero-order valence-electron chi connectivity index (χ0n) is 14.0. The average Bonchev–Trinajstić information content (AvgIpc) is 3.41. The average molecular weight is 337 g/mol. The predicted molar refractivity (Wildman–Crippen MR) is 94.0 cm³/mol. The summed E-state index contributed by atoms with van der Waals surface area (Å²) >= 11 is 0. The topological polar surface area (TPSA) is 81.9 Å². The molecule has 0 unspecified atom stereocenters. The van der Waals surface area contributed by atoms with Crippen LogP contribution in [0.2, 0.25) is 0 Å². The summed E-state index contributed by atoms with van der Waals surface area (Å²) in [6.07, 6.45) is 7.14. The highest BCUT2D eigenvalue weighted by Crippen LogP contribution is 2.32. The molecule has 0 spiro atoms. The number of pyridine rings is 2. The second kappa shape index (κ2) is 6.60. The first kappa shape index (κ1) is 15.7. The molecule has 0 aliphatic heterocycles. The van der Waals surface area contributed by atoms with Crippen LogP contribution >= 0.6 is 0 Å². The summed E-state index contributed by atoms with van der Waals surface area (Å²) in [5, 5.41) is 8.53. The summed E-state index contributed by atoms with van der Waals surface area (Å²) in [4.78, 5) is 20.4. The Morgan fingerprint density at radius 1 is 1.36 bits per heavy atom. The van der Waals surface area contributed by atoms with Gasteiger partial charge in [0.15, 0.2) is 0 Å². The van der Waals surface area contributed by atoms with Crippen LogP contribution in [0.3, 0.4) is 0 Å². The first-order valence-corrected chi connectivity index (χ1v) is 8.33. The quantitative estimate of drug-likeness (QED) is 0.747. The first-order chi connectivity index (χ1) is 12.3. The van der Waals surface area contributed by atoms with E-state index in [0.29, 0.717) is 19.0 Å². The van der Waals surface area contributed by atoms with E-state index in [4.69, 9.17) is 4.74 Å². The van der Waals surface area contributed by atoms with E-state index in [0.717, 1.165) is 35.0 Å². The zero-order chi connectivity index (χ0) is 17.2. The lowest BCUT2D eigenvalue weighted by Gasteiger charge is -2.09. The number of rotatable bonds is 6. The van der Waals surface area contributed by atoms with Crippen LogP contribution in [-0.2, 0) is 16.1 Å². The number of anilines is 1. The molecule has 3 heterocycles. The highest BCUT2D eigenvalue weighted by molar-refractivity contribution is 5.96. The number of fused-ring (bicyclic) bond motifs is 1. The van der Waals surface area contributed by atoms with Gasteiger partial charge in [-0.05, 0) is 31.0 Å². The summed E-state index contributed by atoms with van der Waals surface area (Å²) in [5.74, 6) is 0.757. The number of carbonyl (C=O) groups is 1. The Balaban J connectivity index is 1.73. The standard InChI is InChI=1S/C18H19N5O2/c1-25-9-8-23-17(14-5-6-19-11-15(14)22-23)13-4-7-20-16(10-13)21-18(24)12-2-3-12/h4-7,10-12H,2-3,8-9H2,1H3,(H,20,21,24). The molecule has 0 bridgehead atoms. The zero-order valence-corrected chi connectivity index (χ0v) is 14.0. The third-order valence-electron chi connectivity index (χ3n) is 4.28. The molecule has 1 amide bonds. The van der Waals surface area contributed by atoms with Gasteiger partial charge in [0, 0.05) is 36.4 Å². The van der Waals surface area contributed by atoms with Gasteiger partial charge >= 0.3 is 0 Å². The Morgan fingerprint density at radius 3 is 3.04 bits per heavy atom. The van der Waals surface area contributed by atoms with Crippen LogP contribution in [0.4, 0.5) is 5.82 Å². The monoisotopic (exact) mass is 337 g/mol. The minimum absolute atomic E-state index is 0.0478. The van der Waals surface area contributed by atoms with Crippen molar-refractivity contribution in [2.45, 2.75) is 19.4 Å². The minimum Gasteiger partial charge on any atom is -0.383 e. The van der Waals surface area contributed by atoms with Crippen LogP contribution in [0.5, 0.6) is 0 Å². The fourth-order valence-corrected chi connectivity index (χ4v) is 2.85. The molecule has 1 aliphatic carbocycles. The summed E-state index contributed by atoms with van der Waals surface area (Å²) in [5.41, 5.74) is 2.75. The molecule has 0 radical (unpaired) electrons. The van der Waals surface area contributed by atoms with E-state index in [2.05, 4.69) is 20.4 Å². The van der Waals surface area contributed by atoms with Gasteiger partial charge < -0.3 is 10.1 Å². The molecular weight excluding hydrogens is 318 g/mol. The van der Waals surface area contributed by atoms with Crippen LogP contribution in [-0.4, -0.2) is 39.4 Å². The van der Waals surface area contributed by atoms with Crippen molar-refractivity contribution in [3.05, 3.63) is 36.8 Å². The van der Waals surface area contributed by atoms with Crippen molar-refractivity contribution in [3.63, 3.8) is 0 Å². The van der Waals surface area contributed by atoms with Gasteiger partial charge in [0.25, 0.3) is 0 Å². The third kappa shape index (κ3) is 3.23. The Labute approximate surface area is 145 Å². The first-order valence-electron chi connectivity index (χ1n) is 8.33. The summed E-state index contributed by atoms with van der Waals surface area (Å²) in [7, 11) is 1.67. The van der Waals surface area contributed by atoms with Crippen molar-refractivity contribution >= 4 is 22.6 Å². The van der Waals surface area contributed by atoms with Crippen LogP contribution in [0.1, 0.15) is 12.8 Å². The van der Waals surface area contributed by atoms with E-state index in [-0.39, 0.29) is 11.8 Å². The Kier molecular flexibility index (Phi) is 4.15. The van der Waals surface area contributed by atoms with Crippen LogP contribution in [0.15, 0.2) is 36.8 Å². The van der Waals surface area contributed by atoms with Crippen molar-refractivity contribution in [1.82, 2.24) is 19.7 Å². The van der Waals surface area contributed by atoms with Gasteiger partial charge in [-0.3, -0.25) is 14.5 Å². The molecular formula is C18H19N5O2. The number of nitrogens with zero attached hydrogens (tertiary/aromatic N) is 4. The molecule has 4 rings (SSSR count). The van der Waals surface area contributed by atoms with Gasteiger partial charge in [-0.15, -0.1) is 0 Å². The number of hydrogen-bond donors (Lipinski definition) is 1. The van der Waals surface area contributed by atoms with Gasteiger partial charge in [-0.1, -0.05) is 0 Å². The summed E-state index contributed by atoms with van der Waals surface area (Å²) in [6.45, 7) is 1.19. The number of nitrogens with one attached hydrogen (secondary N) is 1. The lowest BCUT2D eigenvalue weighted by atomic mass is 10.1. The maximum atomic E-state index is 12.0. The van der Waals surface area contributed by atoms with Crippen LogP contribution in [0, 0.1) is 5.92 Å². The number of hydrogen-bond acceptors (Lipinski definition) is 5. The smallest absolute Gasteiger partial charge is 0.228 e. The second-order valence-corrected chi connectivity index (χ2v) is 6.15. The molecule has 3 aromatic rings. The number of carbonyl (C=O) groups excluding carboxylic acids is 1. The molecule has 1 saturated carbocycles. The lowest BCUT2D eigenvalue weighted by Crippen LogP contribution is -2.14. The van der Waals surface area contributed by atoms with E-state index in [1.165, 1.54) is 0 Å². The highest BCUT2D eigenvalue weighted by Gasteiger charge is 2.29. The van der Waals surface area contributed by atoms with Crippen molar-refractivity contribution in [3.8, 4) is 11.3 Å². The Bertz CT molecular complexity index is 917. The van der Waals surface area contributed by atoms with E-state index in [1.54, 1.807) is 25.7 Å². The molecule has 0 atom stereocenters. The van der Waals surface area contributed by atoms with Crippen LogP contribution in [0.25, 0.3) is 22.2 Å². The third-order valence-corrected chi connectivity index (χ3v) is 4.28. The van der Waals surface area contributed by atoms with Gasteiger partial charge in [-0.25, -0.2) is 4.98 Å². The fraction of sp³-hybridized carbons (Fsp3) is 0.333. The minimum atomic E-state index is 0.0478. The Morgan fingerprint density at radius 2 is 2.24 bits per heavy atom. The highest BCUT2D eigenvalue weighted by atomic mass is 16.5. The van der Waals surface area contributed by atoms with Crippen molar-refractivity contribution in [1.29, 1.82) is 0 Å². The summed E-state index contributed by atoms with van der Waals surface area (Å²) in [6, 6.07) is 5.76. The predicted octanol–water partition coefficient (Wildman–Crippen LogP) is 2.49.